The van der Waals surface area contributed by atoms with Gasteiger partial charge in [-0.3, -0.25) is 24.6 Å². The molecule has 0 fully saturated rings. The van der Waals surface area contributed by atoms with E-state index in [0.717, 1.165) is 5.69 Å². The van der Waals surface area contributed by atoms with Crippen LogP contribution < -0.4 is 4.90 Å². The fourth-order valence-electron chi connectivity index (χ4n) is 2.95. The molecular formula is C19H17N3O4. The molecule has 7 nitrogen and oxygen atoms in total. The summed E-state index contributed by atoms with van der Waals surface area (Å²) >= 11 is 0. The number of hydrogen-bond acceptors (Lipinski definition) is 5. The van der Waals surface area contributed by atoms with Crippen molar-refractivity contribution in [3.8, 4) is 0 Å². The van der Waals surface area contributed by atoms with Crippen LogP contribution in [0.5, 0.6) is 0 Å². The number of rotatable bonds is 5. The number of nitrogens with zero attached hydrogens (tertiary/aromatic N) is 3. The molecule has 0 saturated heterocycles. The molecule has 0 spiro atoms. The van der Waals surface area contributed by atoms with Crippen LogP contribution in [0.15, 0.2) is 60.3 Å². The predicted molar refractivity (Wildman–Crippen MR) is 97.3 cm³/mol. The van der Waals surface area contributed by atoms with Gasteiger partial charge in [0, 0.05) is 31.4 Å². The number of nitro groups is 1. The second-order valence-corrected chi connectivity index (χ2v) is 5.78. The van der Waals surface area contributed by atoms with Gasteiger partial charge in [-0.2, -0.15) is 0 Å². The zero-order valence-electron chi connectivity index (χ0n) is 14.4. The average Bonchev–Trinajstić information content (AvgIpc) is 2.91. The molecule has 3 rings (SSSR count). The maximum atomic E-state index is 12.8. The van der Waals surface area contributed by atoms with Crippen LogP contribution in [0, 0.1) is 10.1 Å². The molecule has 0 aliphatic carbocycles. The minimum Gasteiger partial charge on any atom is -0.339 e. The summed E-state index contributed by atoms with van der Waals surface area (Å²) in [6.07, 6.45) is 0. The number of imide groups is 1. The monoisotopic (exact) mass is 351 g/mol. The highest BCUT2D eigenvalue weighted by atomic mass is 16.6. The molecule has 1 aliphatic heterocycles. The molecule has 0 unspecified atom stereocenters. The molecule has 2 aromatic rings. The molecule has 7 heteroatoms. The molecule has 132 valence electrons. The second kappa shape index (κ2) is 6.79. The van der Waals surface area contributed by atoms with Gasteiger partial charge in [0.05, 0.1) is 10.5 Å². The molecule has 0 bridgehead atoms. The Labute approximate surface area is 150 Å². The van der Waals surface area contributed by atoms with Gasteiger partial charge in [-0.05, 0) is 36.8 Å². The molecule has 0 aromatic heterocycles. The molecule has 2 amide bonds. The summed E-state index contributed by atoms with van der Waals surface area (Å²) in [6, 6.07) is 14.9. The molecule has 0 saturated carbocycles. The number of carbonyl (C=O) groups excluding carboxylic acids is 2. The first-order valence-corrected chi connectivity index (χ1v) is 8.09. The van der Waals surface area contributed by atoms with Crippen molar-refractivity contribution in [3.63, 3.8) is 0 Å². The maximum absolute atomic E-state index is 12.8. The highest BCUT2D eigenvalue weighted by molar-refractivity contribution is 6.36. The Morgan fingerprint density at radius 2 is 1.62 bits per heavy atom. The topological polar surface area (TPSA) is 83.8 Å². The largest absolute Gasteiger partial charge is 0.339 e. The van der Waals surface area contributed by atoms with E-state index in [-0.39, 0.29) is 29.4 Å². The van der Waals surface area contributed by atoms with E-state index in [2.05, 4.69) is 0 Å². The molecule has 2 aromatic carbocycles. The molecule has 26 heavy (non-hydrogen) atoms. The van der Waals surface area contributed by atoms with Crippen molar-refractivity contribution in [1.29, 1.82) is 0 Å². The Morgan fingerprint density at radius 1 is 1.00 bits per heavy atom. The normalized spacial score (nSPS) is 14.2. The number of amides is 2. The van der Waals surface area contributed by atoms with Gasteiger partial charge in [-0.15, -0.1) is 0 Å². The number of benzene rings is 2. The van der Waals surface area contributed by atoms with Gasteiger partial charge in [0.15, 0.2) is 0 Å². The number of hydrogen-bond donors (Lipinski definition) is 0. The van der Waals surface area contributed by atoms with Crippen molar-refractivity contribution < 1.29 is 14.5 Å². The van der Waals surface area contributed by atoms with Gasteiger partial charge < -0.3 is 4.90 Å². The van der Waals surface area contributed by atoms with Crippen molar-refractivity contribution in [2.24, 2.45) is 0 Å². The minimum absolute atomic E-state index is 0.0727. The first kappa shape index (κ1) is 17.3. The Hall–Kier alpha value is -3.48. The van der Waals surface area contributed by atoms with E-state index in [9.17, 15) is 19.7 Å². The van der Waals surface area contributed by atoms with E-state index in [4.69, 9.17) is 0 Å². The first-order chi connectivity index (χ1) is 12.5. The minimum atomic E-state index is -0.505. The molecule has 0 radical (unpaired) electrons. The number of nitro benzene ring substituents is 1. The van der Waals surface area contributed by atoms with Crippen molar-refractivity contribution in [2.75, 3.05) is 18.5 Å². The summed E-state index contributed by atoms with van der Waals surface area (Å²) in [6.45, 7) is 1.98. The van der Waals surface area contributed by atoms with Crippen LogP contribution in [0.2, 0.25) is 0 Å². The van der Waals surface area contributed by atoms with Gasteiger partial charge >= 0.3 is 0 Å². The van der Waals surface area contributed by atoms with Crippen LogP contribution in [-0.2, 0) is 9.59 Å². The van der Waals surface area contributed by atoms with E-state index in [1.165, 1.54) is 29.2 Å². The quantitative estimate of drug-likeness (QED) is 0.470. The van der Waals surface area contributed by atoms with Crippen LogP contribution >= 0.6 is 0 Å². The van der Waals surface area contributed by atoms with Gasteiger partial charge in [0.25, 0.3) is 17.5 Å². The zero-order chi connectivity index (χ0) is 18.8. The van der Waals surface area contributed by atoms with E-state index >= 15 is 0 Å². The van der Waals surface area contributed by atoms with Gasteiger partial charge in [-0.25, -0.2) is 0 Å². The van der Waals surface area contributed by atoms with Crippen molar-refractivity contribution in [1.82, 2.24) is 4.90 Å². The molecule has 0 atom stereocenters. The third kappa shape index (κ3) is 2.83. The summed E-state index contributed by atoms with van der Waals surface area (Å²) in [5, 5.41) is 10.9. The van der Waals surface area contributed by atoms with Crippen LogP contribution in [0.4, 0.5) is 11.4 Å². The fraction of sp³-hybridized carbons (Fsp3) is 0.158. The summed E-state index contributed by atoms with van der Waals surface area (Å²) in [7, 11) is 1.72. The lowest BCUT2D eigenvalue weighted by molar-refractivity contribution is -0.384. The van der Waals surface area contributed by atoms with Crippen LogP contribution in [-0.4, -0.2) is 35.2 Å². The lowest BCUT2D eigenvalue weighted by Crippen LogP contribution is -2.33. The number of likely N-dealkylation sites (N-methyl/N-ethyl adjacent to an activating group) is 2. The summed E-state index contributed by atoms with van der Waals surface area (Å²) < 4.78 is 0. The Balaban J connectivity index is 2.14. The van der Waals surface area contributed by atoms with E-state index in [1.807, 2.05) is 30.3 Å². The van der Waals surface area contributed by atoms with Crippen LogP contribution in [0.25, 0.3) is 5.57 Å². The smallest absolute Gasteiger partial charge is 0.278 e. The molecule has 1 heterocycles. The zero-order valence-corrected chi connectivity index (χ0v) is 14.4. The first-order valence-electron chi connectivity index (χ1n) is 8.09. The third-order valence-electron chi connectivity index (χ3n) is 4.31. The van der Waals surface area contributed by atoms with Crippen LogP contribution in [0.3, 0.4) is 0 Å². The number of non-ortho nitro benzene ring substituents is 1. The number of carbonyl (C=O) groups is 2. The Bertz CT molecular complexity index is 904. The fourth-order valence-corrected chi connectivity index (χ4v) is 2.95. The highest BCUT2D eigenvalue weighted by Gasteiger charge is 2.40. The van der Waals surface area contributed by atoms with E-state index < -0.39 is 10.8 Å². The van der Waals surface area contributed by atoms with E-state index in [1.54, 1.807) is 18.9 Å². The lowest BCUT2D eigenvalue weighted by Gasteiger charge is -2.21. The van der Waals surface area contributed by atoms with Crippen molar-refractivity contribution in [3.05, 3.63) is 76.0 Å². The highest BCUT2D eigenvalue weighted by Crippen LogP contribution is 2.33. The van der Waals surface area contributed by atoms with Gasteiger partial charge in [-0.1, -0.05) is 18.2 Å². The number of para-hydroxylation sites is 1. The molecule has 1 aliphatic rings. The number of anilines is 1. The summed E-state index contributed by atoms with van der Waals surface area (Å²) in [4.78, 5) is 38.8. The van der Waals surface area contributed by atoms with Crippen molar-refractivity contribution >= 4 is 28.8 Å². The van der Waals surface area contributed by atoms with Crippen molar-refractivity contribution in [2.45, 2.75) is 6.92 Å². The summed E-state index contributed by atoms with van der Waals surface area (Å²) in [5.41, 5.74) is 1.68. The van der Waals surface area contributed by atoms with E-state index in [0.29, 0.717) is 5.56 Å². The third-order valence-corrected chi connectivity index (χ3v) is 4.31. The lowest BCUT2D eigenvalue weighted by atomic mass is 10.0. The molecular weight excluding hydrogens is 334 g/mol. The summed E-state index contributed by atoms with van der Waals surface area (Å²) in [5.74, 6) is -0.777. The Morgan fingerprint density at radius 3 is 2.15 bits per heavy atom. The Kier molecular flexibility index (Phi) is 4.53. The average molecular weight is 351 g/mol. The van der Waals surface area contributed by atoms with Crippen LogP contribution in [0.1, 0.15) is 12.5 Å². The SMILES string of the molecule is CCN1C(=O)C(c2ccc([N+](=O)[O-])cc2)=C(N(C)c2ccccc2)C1=O. The standard InChI is InChI=1S/C19H17N3O4/c1-3-21-18(23)16(13-9-11-15(12-10-13)22(25)26)17(19(21)24)20(2)14-7-5-4-6-8-14/h4-12H,3H2,1-2H3. The maximum Gasteiger partial charge on any atom is 0.278 e. The van der Waals surface area contributed by atoms with Gasteiger partial charge in [0.2, 0.25) is 0 Å². The second-order valence-electron chi connectivity index (χ2n) is 5.78. The molecule has 0 N–H and O–H groups in total. The predicted octanol–water partition coefficient (Wildman–Crippen LogP) is 2.83. The van der Waals surface area contributed by atoms with Gasteiger partial charge in [0.1, 0.15) is 5.70 Å².